The summed E-state index contributed by atoms with van der Waals surface area (Å²) >= 11 is 1.42. The monoisotopic (exact) mass is 345 g/mol. The highest BCUT2D eigenvalue weighted by atomic mass is 32.1. The maximum absolute atomic E-state index is 12.3. The Labute approximate surface area is 148 Å². The average Bonchev–Trinajstić information content (AvgIpc) is 3.31. The highest BCUT2D eigenvalue weighted by molar-refractivity contribution is 7.12. The number of carbonyl (C=O) groups is 1. The van der Waals surface area contributed by atoms with Crippen LogP contribution in [0.2, 0.25) is 0 Å². The molecule has 2 aromatic carbocycles. The normalized spacial score (nSPS) is 11.2. The molecule has 4 rings (SSSR count). The standard InChI is InChI=1S/C20H15N3OS/c24-20(19-10-5-13-25-19)21-16-8-3-1-6-14(16)11-12-18-15-7-2-4-9-17(15)22-23-18/h1-13H,(H,21,24)(H,22,23)/b12-11+. The summed E-state index contributed by atoms with van der Waals surface area (Å²) in [7, 11) is 0. The molecule has 122 valence electrons. The molecule has 0 atom stereocenters. The lowest BCUT2D eigenvalue weighted by molar-refractivity contribution is 0.103. The van der Waals surface area contributed by atoms with Gasteiger partial charge in [0.1, 0.15) is 0 Å². The van der Waals surface area contributed by atoms with Gasteiger partial charge in [-0.15, -0.1) is 11.3 Å². The number of nitrogens with zero attached hydrogens (tertiary/aromatic N) is 1. The van der Waals surface area contributed by atoms with Crippen LogP contribution < -0.4 is 5.32 Å². The Morgan fingerprint density at radius 2 is 1.84 bits per heavy atom. The summed E-state index contributed by atoms with van der Waals surface area (Å²) in [4.78, 5) is 13.0. The first kappa shape index (κ1) is 15.4. The SMILES string of the molecule is O=C(Nc1ccccc1/C=C/c1n[nH]c2ccccc12)c1cccs1. The number of anilines is 1. The van der Waals surface area contributed by atoms with Crippen LogP contribution in [0.4, 0.5) is 5.69 Å². The van der Waals surface area contributed by atoms with Gasteiger partial charge in [-0.2, -0.15) is 5.10 Å². The number of carbonyl (C=O) groups excluding carboxylic acids is 1. The van der Waals surface area contributed by atoms with E-state index in [0.29, 0.717) is 4.88 Å². The largest absolute Gasteiger partial charge is 0.321 e. The van der Waals surface area contributed by atoms with Gasteiger partial charge < -0.3 is 5.32 Å². The van der Waals surface area contributed by atoms with Gasteiger partial charge in [-0.05, 0) is 35.2 Å². The fourth-order valence-corrected chi connectivity index (χ4v) is 3.25. The zero-order chi connectivity index (χ0) is 17.1. The molecule has 2 aromatic heterocycles. The van der Waals surface area contributed by atoms with E-state index in [1.807, 2.05) is 78.2 Å². The topological polar surface area (TPSA) is 57.8 Å². The van der Waals surface area contributed by atoms with Crippen molar-refractivity contribution in [1.82, 2.24) is 10.2 Å². The van der Waals surface area contributed by atoms with Crippen molar-refractivity contribution in [3.63, 3.8) is 0 Å². The van der Waals surface area contributed by atoms with Gasteiger partial charge in [-0.1, -0.05) is 48.5 Å². The van der Waals surface area contributed by atoms with Crippen molar-refractivity contribution in [3.8, 4) is 0 Å². The van der Waals surface area contributed by atoms with E-state index in [-0.39, 0.29) is 5.91 Å². The lowest BCUT2D eigenvalue weighted by Gasteiger charge is -2.07. The molecule has 4 nitrogen and oxygen atoms in total. The predicted molar refractivity (Wildman–Crippen MR) is 104 cm³/mol. The smallest absolute Gasteiger partial charge is 0.265 e. The molecule has 2 heterocycles. The quantitative estimate of drug-likeness (QED) is 0.544. The van der Waals surface area contributed by atoms with Gasteiger partial charge in [0.15, 0.2) is 0 Å². The molecule has 0 unspecified atom stereocenters. The molecule has 0 radical (unpaired) electrons. The maximum atomic E-state index is 12.3. The lowest BCUT2D eigenvalue weighted by Crippen LogP contribution is -2.10. The number of hydrogen-bond donors (Lipinski definition) is 2. The van der Waals surface area contributed by atoms with E-state index in [9.17, 15) is 4.79 Å². The molecule has 0 bridgehead atoms. The summed E-state index contributed by atoms with van der Waals surface area (Å²) in [5.41, 5.74) is 3.58. The minimum Gasteiger partial charge on any atom is -0.321 e. The van der Waals surface area contributed by atoms with Crippen LogP contribution in [0.5, 0.6) is 0 Å². The Kier molecular flexibility index (Phi) is 4.14. The second-order valence-corrected chi connectivity index (χ2v) is 6.45. The molecule has 1 amide bonds. The Hall–Kier alpha value is -3.18. The molecule has 0 spiro atoms. The van der Waals surface area contributed by atoms with Crippen LogP contribution in [-0.2, 0) is 0 Å². The molecule has 0 saturated carbocycles. The van der Waals surface area contributed by atoms with Crippen molar-refractivity contribution < 1.29 is 4.79 Å². The van der Waals surface area contributed by atoms with Crippen molar-refractivity contribution in [2.45, 2.75) is 0 Å². The van der Waals surface area contributed by atoms with Crippen LogP contribution in [0, 0.1) is 0 Å². The summed E-state index contributed by atoms with van der Waals surface area (Å²) in [6, 6.07) is 19.4. The molecule has 0 fully saturated rings. The number of rotatable bonds is 4. The molecular formula is C20H15N3OS. The fourth-order valence-electron chi connectivity index (χ4n) is 2.63. The summed E-state index contributed by atoms with van der Waals surface area (Å²) in [6.45, 7) is 0. The van der Waals surface area contributed by atoms with Crippen LogP contribution in [0.1, 0.15) is 20.9 Å². The molecule has 4 aromatic rings. The molecule has 5 heteroatoms. The molecule has 0 aliphatic carbocycles. The summed E-state index contributed by atoms with van der Waals surface area (Å²) in [5, 5.41) is 13.3. The molecule has 0 saturated heterocycles. The minimum atomic E-state index is -0.0962. The van der Waals surface area contributed by atoms with Gasteiger partial charge >= 0.3 is 0 Å². The van der Waals surface area contributed by atoms with Crippen LogP contribution in [0.15, 0.2) is 66.0 Å². The summed E-state index contributed by atoms with van der Waals surface area (Å²) in [5.74, 6) is -0.0962. The van der Waals surface area contributed by atoms with Crippen LogP contribution >= 0.6 is 11.3 Å². The van der Waals surface area contributed by atoms with E-state index >= 15 is 0 Å². The van der Waals surface area contributed by atoms with Crippen molar-refractivity contribution in [2.24, 2.45) is 0 Å². The Bertz CT molecular complexity index is 1050. The van der Waals surface area contributed by atoms with E-state index in [0.717, 1.165) is 27.8 Å². The summed E-state index contributed by atoms with van der Waals surface area (Å²) < 4.78 is 0. The Morgan fingerprint density at radius 3 is 2.72 bits per heavy atom. The van der Waals surface area contributed by atoms with E-state index in [1.165, 1.54) is 11.3 Å². The third-order valence-corrected chi connectivity index (χ3v) is 4.74. The number of aromatic amines is 1. The molecule has 0 aliphatic heterocycles. The number of hydrogen-bond acceptors (Lipinski definition) is 3. The first-order valence-electron chi connectivity index (χ1n) is 7.86. The third-order valence-electron chi connectivity index (χ3n) is 3.87. The Balaban J connectivity index is 1.61. The average molecular weight is 345 g/mol. The van der Waals surface area contributed by atoms with Crippen LogP contribution in [0.3, 0.4) is 0 Å². The summed E-state index contributed by atoms with van der Waals surface area (Å²) in [6.07, 6.45) is 3.92. The second-order valence-electron chi connectivity index (χ2n) is 5.51. The van der Waals surface area contributed by atoms with Gasteiger partial charge in [-0.25, -0.2) is 0 Å². The van der Waals surface area contributed by atoms with Crippen molar-refractivity contribution in [1.29, 1.82) is 0 Å². The first-order valence-corrected chi connectivity index (χ1v) is 8.74. The number of amides is 1. The minimum absolute atomic E-state index is 0.0962. The third kappa shape index (κ3) is 3.22. The number of thiophene rings is 1. The van der Waals surface area contributed by atoms with E-state index in [4.69, 9.17) is 0 Å². The first-order chi connectivity index (χ1) is 12.3. The van der Waals surface area contributed by atoms with Crippen LogP contribution in [0.25, 0.3) is 23.1 Å². The number of aromatic nitrogens is 2. The van der Waals surface area contributed by atoms with Crippen molar-refractivity contribution in [2.75, 3.05) is 5.32 Å². The number of benzene rings is 2. The zero-order valence-corrected chi connectivity index (χ0v) is 14.1. The lowest BCUT2D eigenvalue weighted by atomic mass is 10.1. The molecular weight excluding hydrogens is 330 g/mol. The van der Waals surface area contributed by atoms with E-state index < -0.39 is 0 Å². The highest BCUT2D eigenvalue weighted by Gasteiger charge is 2.09. The molecule has 2 N–H and O–H groups in total. The second kappa shape index (κ2) is 6.75. The maximum Gasteiger partial charge on any atom is 0.265 e. The number of nitrogens with one attached hydrogen (secondary N) is 2. The Morgan fingerprint density at radius 1 is 1.00 bits per heavy atom. The van der Waals surface area contributed by atoms with E-state index in [1.54, 1.807) is 0 Å². The van der Waals surface area contributed by atoms with Crippen molar-refractivity contribution >= 4 is 46.0 Å². The number of H-pyrrole nitrogens is 1. The number of fused-ring (bicyclic) bond motifs is 1. The highest BCUT2D eigenvalue weighted by Crippen LogP contribution is 2.22. The fraction of sp³-hybridized carbons (Fsp3) is 0. The van der Waals surface area contributed by atoms with Gasteiger partial charge in [0.2, 0.25) is 0 Å². The zero-order valence-electron chi connectivity index (χ0n) is 13.3. The predicted octanol–water partition coefficient (Wildman–Crippen LogP) is 5.05. The van der Waals surface area contributed by atoms with Gasteiger partial charge in [0.05, 0.1) is 16.1 Å². The van der Waals surface area contributed by atoms with Gasteiger partial charge in [0, 0.05) is 11.1 Å². The van der Waals surface area contributed by atoms with Gasteiger partial charge in [0.25, 0.3) is 5.91 Å². The number of para-hydroxylation sites is 2. The van der Waals surface area contributed by atoms with Crippen molar-refractivity contribution in [3.05, 3.63) is 82.2 Å². The van der Waals surface area contributed by atoms with Crippen LogP contribution in [-0.4, -0.2) is 16.1 Å². The van der Waals surface area contributed by atoms with Gasteiger partial charge in [-0.3, -0.25) is 9.89 Å². The molecule has 25 heavy (non-hydrogen) atoms. The van der Waals surface area contributed by atoms with E-state index in [2.05, 4.69) is 15.5 Å². The molecule has 0 aliphatic rings.